The number of hydrogen-bond acceptors (Lipinski definition) is 9. The lowest BCUT2D eigenvalue weighted by Crippen LogP contribution is -2.57. The summed E-state index contributed by atoms with van der Waals surface area (Å²) in [4.78, 5) is 60.4. The molecule has 0 aromatic heterocycles. The van der Waals surface area contributed by atoms with Crippen molar-refractivity contribution >= 4 is 29.5 Å². The standard InChI is InChI=1S/C30H40N2O10/c1-17-25(37)26(38)29(42-27(17)28(39)40)41-20-15-18(8-9-19(20)10-11-21(33)30(2,3)4)7-5-6-14-31-22(34)16-32-23(35)12-13-24(32)36/h8-9,12-13,15,17,25-27,29,37-38H,5-7,10-11,14,16H2,1-4H3,(H,31,34)(H,39,40)/t17-,25-,26+,27-,29+/m0/s1. The van der Waals surface area contributed by atoms with Gasteiger partial charge in [0, 0.05) is 36.5 Å². The van der Waals surface area contributed by atoms with Gasteiger partial charge < -0.3 is 30.1 Å². The minimum absolute atomic E-state index is 0.0541. The van der Waals surface area contributed by atoms with E-state index in [0.717, 1.165) is 22.6 Å². The first-order valence-electron chi connectivity index (χ1n) is 14.1. The van der Waals surface area contributed by atoms with Gasteiger partial charge in [-0.25, -0.2) is 4.79 Å². The smallest absolute Gasteiger partial charge is 0.333 e. The van der Waals surface area contributed by atoms with Crippen LogP contribution in [0.1, 0.15) is 58.1 Å². The zero-order valence-corrected chi connectivity index (χ0v) is 24.4. The van der Waals surface area contributed by atoms with Crippen molar-refractivity contribution in [3.05, 3.63) is 41.5 Å². The fourth-order valence-corrected chi connectivity index (χ4v) is 4.67. The molecule has 230 valence electrons. The predicted octanol–water partition coefficient (Wildman–Crippen LogP) is 1.14. The first kappa shape index (κ1) is 32.9. The third-order valence-electron chi connectivity index (χ3n) is 7.42. The van der Waals surface area contributed by atoms with E-state index in [-0.39, 0.29) is 18.7 Å². The molecule has 0 saturated carbocycles. The number of benzene rings is 1. The number of aliphatic carboxylic acids is 1. The number of rotatable bonds is 13. The number of aryl methyl sites for hydroxylation is 2. The van der Waals surface area contributed by atoms with Gasteiger partial charge in [0.15, 0.2) is 6.10 Å². The Hall–Kier alpha value is -3.61. The highest BCUT2D eigenvalue weighted by Crippen LogP contribution is 2.31. The number of aliphatic hydroxyl groups excluding tert-OH is 2. The number of nitrogens with one attached hydrogen (secondary N) is 1. The largest absolute Gasteiger partial charge is 0.479 e. The Morgan fingerprint density at radius 1 is 1.02 bits per heavy atom. The molecule has 3 rings (SSSR count). The Labute approximate surface area is 244 Å². The van der Waals surface area contributed by atoms with Crippen LogP contribution in [-0.4, -0.2) is 87.4 Å². The van der Waals surface area contributed by atoms with Gasteiger partial charge in [0.1, 0.15) is 24.2 Å². The number of aliphatic hydroxyl groups is 2. The van der Waals surface area contributed by atoms with Gasteiger partial charge >= 0.3 is 5.97 Å². The van der Waals surface area contributed by atoms with Crippen LogP contribution in [0.2, 0.25) is 0 Å². The Morgan fingerprint density at radius 3 is 2.31 bits per heavy atom. The number of ketones is 1. The van der Waals surface area contributed by atoms with Crippen LogP contribution in [0.3, 0.4) is 0 Å². The molecule has 2 aliphatic heterocycles. The van der Waals surface area contributed by atoms with Crippen molar-refractivity contribution in [2.45, 2.75) is 84.4 Å². The van der Waals surface area contributed by atoms with E-state index in [2.05, 4.69) is 5.32 Å². The van der Waals surface area contributed by atoms with E-state index in [1.165, 1.54) is 6.92 Å². The topological polar surface area (TPSA) is 180 Å². The molecule has 0 spiro atoms. The molecular formula is C30H40N2O10. The van der Waals surface area contributed by atoms with Crippen molar-refractivity contribution in [2.75, 3.05) is 13.1 Å². The van der Waals surface area contributed by atoms with Crippen LogP contribution in [0, 0.1) is 11.3 Å². The quantitative estimate of drug-likeness (QED) is 0.193. The highest BCUT2D eigenvalue weighted by Gasteiger charge is 2.46. The zero-order valence-electron chi connectivity index (χ0n) is 24.4. The molecule has 0 aliphatic carbocycles. The third kappa shape index (κ3) is 8.46. The van der Waals surface area contributed by atoms with E-state index >= 15 is 0 Å². The molecule has 1 fully saturated rings. The van der Waals surface area contributed by atoms with Crippen LogP contribution in [-0.2, 0) is 41.6 Å². The van der Waals surface area contributed by atoms with Crippen LogP contribution in [0.5, 0.6) is 5.75 Å². The van der Waals surface area contributed by atoms with Crippen LogP contribution >= 0.6 is 0 Å². The van der Waals surface area contributed by atoms with Gasteiger partial charge in [0.25, 0.3) is 11.8 Å². The van der Waals surface area contributed by atoms with Crippen LogP contribution in [0.25, 0.3) is 0 Å². The molecule has 3 amide bonds. The Kier molecular flexibility index (Phi) is 11.0. The van der Waals surface area contributed by atoms with E-state index in [9.17, 15) is 39.3 Å². The van der Waals surface area contributed by atoms with Crippen molar-refractivity contribution in [3.8, 4) is 5.75 Å². The van der Waals surface area contributed by atoms with Gasteiger partial charge in [0.05, 0.1) is 6.10 Å². The minimum atomic E-state index is -1.49. The number of carbonyl (C=O) groups excluding carboxylic acids is 4. The number of nitrogens with zero attached hydrogens (tertiary/aromatic N) is 1. The van der Waals surface area contributed by atoms with Gasteiger partial charge in [-0.05, 0) is 42.9 Å². The van der Waals surface area contributed by atoms with Crippen LogP contribution < -0.4 is 10.1 Å². The number of amides is 3. The highest BCUT2D eigenvalue weighted by molar-refractivity contribution is 6.14. The fourth-order valence-electron chi connectivity index (χ4n) is 4.67. The number of carboxylic acid groups (broad SMARTS) is 1. The first-order valence-corrected chi connectivity index (χ1v) is 14.1. The van der Waals surface area contributed by atoms with Crippen LogP contribution in [0.15, 0.2) is 30.4 Å². The number of carboxylic acids is 1. The molecule has 0 radical (unpaired) electrons. The second kappa shape index (κ2) is 14.0. The fraction of sp³-hybridized carbons (Fsp3) is 0.567. The molecule has 12 nitrogen and oxygen atoms in total. The number of imide groups is 1. The summed E-state index contributed by atoms with van der Waals surface area (Å²) in [6.07, 6.45) is -0.990. The van der Waals surface area contributed by atoms with Gasteiger partial charge in [-0.3, -0.25) is 24.1 Å². The van der Waals surface area contributed by atoms with Crippen molar-refractivity contribution < 1.29 is 48.8 Å². The summed E-state index contributed by atoms with van der Waals surface area (Å²) in [6, 6.07) is 5.43. The third-order valence-corrected chi connectivity index (χ3v) is 7.42. The number of ether oxygens (including phenoxy) is 2. The number of carbonyl (C=O) groups is 5. The first-order chi connectivity index (χ1) is 19.7. The number of hydrogen-bond donors (Lipinski definition) is 4. The van der Waals surface area contributed by atoms with Crippen molar-refractivity contribution in [1.82, 2.24) is 10.2 Å². The van der Waals surface area contributed by atoms with Gasteiger partial charge in [-0.15, -0.1) is 0 Å². The van der Waals surface area contributed by atoms with Gasteiger partial charge in [-0.1, -0.05) is 39.8 Å². The zero-order chi connectivity index (χ0) is 31.2. The second-order valence-electron chi connectivity index (χ2n) is 11.7. The summed E-state index contributed by atoms with van der Waals surface area (Å²) in [5, 5.41) is 33.2. The molecule has 0 unspecified atom stereocenters. The average molecular weight is 589 g/mol. The minimum Gasteiger partial charge on any atom is -0.479 e. The molecule has 0 bridgehead atoms. The summed E-state index contributed by atoms with van der Waals surface area (Å²) in [6.45, 7) is 6.98. The molecule has 2 heterocycles. The van der Waals surface area contributed by atoms with E-state index in [4.69, 9.17) is 9.47 Å². The van der Waals surface area contributed by atoms with Crippen molar-refractivity contribution in [1.29, 1.82) is 0 Å². The summed E-state index contributed by atoms with van der Waals surface area (Å²) in [5.41, 5.74) is 1.00. The molecular weight excluding hydrogens is 548 g/mol. The average Bonchev–Trinajstić information content (AvgIpc) is 3.23. The maximum absolute atomic E-state index is 12.6. The van der Waals surface area contributed by atoms with Gasteiger partial charge in [-0.2, -0.15) is 0 Å². The molecule has 2 aliphatic rings. The van der Waals surface area contributed by atoms with E-state index < -0.39 is 59.6 Å². The summed E-state index contributed by atoms with van der Waals surface area (Å²) < 4.78 is 11.5. The molecule has 1 aromatic carbocycles. The maximum Gasteiger partial charge on any atom is 0.333 e. The predicted molar refractivity (Wildman–Crippen MR) is 149 cm³/mol. The Morgan fingerprint density at radius 2 is 1.69 bits per heavy atom. The molecule has 1 saturated heterocycles. The van der Waals surface area contributed by atoms with E-state index in [1.54, 1.807) is 6.07 Å². The van der Waals surface area contributed by atoms with Gasteiger partial charge in [0.2, 0.25) is 12.2 Å². The summed E-state index contributed by atoms with van der Waals surface area (Å²) >= 11 is 0. The van der Waals surface area contributed by atoms with Crippen LogP contribution in [0.4, 0.5) is 0 Å². The normalized spacial score (nSPS) is 24.1. The van der Waals surface area contributed by atoms with Crippen molar-refractivity contribution in [2.24, 2.45) is 11.3 Å². The molecule has 5 atom stereocenters. The monoisotopic (exact) mass is 588 g/mol. The maximum atomic E-state index is 12.6. The lowest BCUT2D eigenvalue weighted by atomic mass is 9.87. The Bertz CT molecular complexity index is 1200. The SMILES string of the molecule is C[C@H]1[C@H](O)[C@@H](O)[C@H](Oc2cc(CCCCNC(=O)CN3C(=O)C=CC3=O)ccc2CCC(=O)C(C)(C)C)O[C@@H]1C(=O)O. The number of Topliss-reactive ketones (excluding diaryl/α,β-unsaturated/α-hetero) is 1. The van der Waals surface area contributed by atoms with E-state index in [1.807, 2.05) is 32.9 Å². The van der Waals surface area contributed by atoms with Crippen molar-refractivity contribution in [3.63, 3.8) is 0 Å². The summed E-state index contributed by atoms with van der Waals surface area (Å²) in [7, 11) is 0. The number of unbranched alkanes of at least 4 members (excludes halogenated alkanes) is 1. The lowest BCUT2D eigenvalue weighted by molar-refractivity contribution is -0.256. The molecule has 42 heavy (non-hydrogen) atoms. The molecule has 4 N–H and O–H groups in total. The highest BCUT2D eigenvalue weighted by atomic mass is 16.7. The Balaban J connectivity index is 1.64. The molecule has 1 aromatic rings. The molecule has 12 heteroatoms. The summed E-state index contributed by atoms with van der Waals surface area (Å²) in [5.74, 6) is -3.26. The van der Waals surface area contributed by atoms with E-state index in [0.29, 0.717) is 43.5 Å². The second-order valence-corrected chi connectivity index (χ2v) is 11.7. The lowest BCUT2D eigenvalue weighted by Gasteiger charge is -2.39.